The molecule has 4 aromatic carbocycles. The SMILES string of the molecule is CC1(C)O[C@@H]2[C@@H](O1)C(c1ccccc1)(c1ccccc1)NC2(c1ccccc1)c1ccccc1. The molecule has 0 radical (unpaired) electrons. The van der Waals surface area contributed by atoms with Crippen LogP contribution < -0.4 is 5.32 Å². The predicted octanol–water partition coefficient (Wildman–Crippen LogP) is 6.00. The van der Waals surface area contributed by atoms with Crippen molar-refractivity contribution in [2.24, 2.45) is 0 Å². The Kier molecular flexibility index (Phi) is 4.96. The summed E-state index contributed by atoms with van der Waals surface area (Å²) >= 11 is 0. The third-order valence-electron chi connectivity index (χ3n) is 7.26. The first-order valence-electron chi connectivity index (χ1n) is 11.9. The van der Waals surface area contributed by atoms with Crippen LogP contribution in [0.4, 0.5) is 0 Å². The highest BCUT2D eigenvalue weighted by molar-refractivity contribution is 5.52. The number of benzene rings is 4. The van der Waals surface area contributed by atoms with Crippen molar-refractivity contribution < 1.29 is 9.47 Å². The molecule has 0 unspecified atom stereocenters. The number of rotatable bonds is 4. The Morgan fingerprint density at radius 1 is 0.471 bits per heavy atom. The molecule has 2 saturated heterocycles. The van der Waals surface area contributed by atoms with Crippen molar-refractivity contribution in [2.75, 3.05) is 0 Å². The van der Waals surface area contributed by atoms with Crippen LogP contribution in [0, 0.1) is 0 Å². The number of nitrogens with one attached hydrogen (secondary N) is 1. The van der Waals surface area contributed by atoms with Crippen molar-refractivity contribution in [2.45, 2.75) is 42.9 Å². The first kappa shape index (κ1) is 21.3. The Labute approximate surface area is 201 Å². The first-order chi connectivity index (χ1) is 16.6. The van der Waals surface area contributed by atoms with E-state index in [4.69, 9.17) is 9.47 Å². The molecule has 2 aliphatic rings. The normalized spacial score (nSPS) is 23.9. The van der Waals surface area contributed by atoms with E-state index in [2.05, 4.69) is 127 Å². The van der Waals surface area contributed by atoms with E-state index in [1.165, 1.54) is 0 Å². The Bertz CT molecular complexity index is 1080. The van der Waals surface area contributed by atoms with Gasteiger partial charge in [-0.3, -0.25) is 5.32 Å². The lowest BCUT2D eigenvalue weighted by molar-refractivity contribution is -0.165. The van der Waals surface area contributed by atoms with Gasteiger partial charge >= 0.3 is 0 Å². The molecule has 0 saturated carbocycles. The van der Waals surface area contributed by atoms with Crippen LogP contribution in [-0.2, 0) is 20.6 Å². The molecule has 3 heteroatoms. The van der Waals surface area contributed by atoms with Crippen LogP contribution in [-0.4, -0.2) is 18.0 Å². The van der Waals surface area contributed by atoms with Gasteiger partial charge in [-0.25, -0.2) is 0 Å². The number of ether oxygens (including phenoxy) is 2. The Morgan fingerprint density at radius 2 is 0.735 bits per heavy atom. The largest absolute Gasteiger partial charge is 0.342 e. The van der Waals surface area contributed by atoms with E-state index in [1.807, 2.05) is 13.8 Å². The molecule has 2 fully saturated rings. The van der Waals surface area contributed by atoms with Crippen LogP contribution in [0.15, 0.2) is 121 Å². The van der Waals surface area contributed by atoms with Gasteiger partial charge in [0.1, 0.15) is 12.2 Å². The second kappa shape index (κ2) is 7.92. The molecule has 0 spiro atoms. The van der Waals surface area contributed by atoms with Crippen LogP contribution >= 0.6 is 0 Å². The molecule has 1 N–H and O–H groups in total. The highest BCUT2D eigenvalue weighted by Crippen LogP contribution is 2.57. The van der Waals surface area contributed by atoms with Gasteiger partial charge in [0.05, 0.1) is 11.1 Å². The smallest absolute Gasteiger partial charge is 0.164 e. The summed E-state index contributed by atoms with van der Waals surface area (Å²) in [5.41, 5.74) is 3.40. The zero-order valence-electron chi connectivity index (χ0n) is 19.5. The van der Waals surface area contributed by atoms with E-state index in [-0.39, 0.29) is 12.2 Å². The van der Waals surface area contributed by atoms with Crippen molar-refractivity contribution >= 4 is 0 Å². The molecule has 34 heavy (non-hydrogen) atoms. The predicted molar refractivity (Wildman–Crippen MR) is 134 cm³/mol. The maximum absolute atomic E-state index is 6.81. The molecule has 2 atom stereocenters. The number of hydrogen-bond acceptors (Lipinski definition) is 3. The van der Waals surface area contributed by atoms with Gasteiger partial charge in [0.15, 0.2) is 5.79 Å². The Balaban J connectivity index is 1.70. The van der Waals surface area contributed by atoms with Crippen molar-refractivity contribution in [1.82, 2.24) is 5.32 Å². The zero-order valence-corrected chi connectivity index (χ0v) is 19.5. The van der Waals surface area contributed by atoms with Gasteiger partial charge in [-0.05, 0) is 36.1 Å². The molecule has 0 bridgehead atoms. The van der Waals surface area contributed by atoms with Crippen LogP contribution in [0.1, 0.15) is 36.1 Å². The topological polar surface area (TPSA) is 30.5 Å². The van der Waals surface area contributed by atoms with Crippen LogP contribution in [0.2, 0.25) is 0 Å². The molecule has 0 amide bonds. The maximum atomic E-state index is 6.81. The van der Waals surface area contributed by atoms with Crippen LogP contribution in [0.5, 0.6) is 0 Å². The summed E-state index contributed by atoms with van der Waals surface area (Å²) in [7, 11) is 0. The van der Waals surface area contributed by atoms with E-state index in [0.717, 1.165) is 22.3 Å². The minimum absolute atomic E-state index is 0.257. The molecule has 2 aliphatic heterocycles. The van der Waals surface area contributed by atoms with E-state index < -0.39 is 16.9 Å². The lowest BCUT2D eigenvalue weighted by Crippen LogP contribution is -2.54. The number of hydrogen-bond donors (Lipinski definition) is 1. The van der Waals surface area contributed by atoms with Crippen LogP contribution in [0.3, 0.4) is 0 Å². The second-order valence-electron chi connectivity index (χ2n) is 9.68. The highest BCUT2D eigenvalue weighted by atomic mass is 16.8. The number of fused-ring (bicyclic) bond motifs is 1. The average molecular weight is 448 g/mol. The molecule has 3 nitrogen and oxygen atoms in total. The van der Waals surface area contributed by atoms with Gasteiger partial charge in [0.2, 0.25) is 0 Å². The molecular formula is C31H29NO2. The van der Waals surface area contributed by atoms with E-state index >= 15 is 0 Å². The Hall–Kier alpha value is -3.24. The lowest BCUT2D eigenvalue weighted by Gasteiger charge is -2.41. The van der Waals surface area contributed by atoms with E-state index in [9.17, 15) is 0 Å². The summed E-state index contributed by atoms with van der Waals surface area (Å²) in [6.07, 6.45) is -0.513. The molecule has 4 aromatic rings. The van der Waals surface area contributed by atoms with Gasteiger partial charge in [-0.1, -0.05) is 121 Å². The van der Waals surface area contributed by atoms with Gasteiger partial charge in [-0.15, -0.1) is 0 Å². The van der Waals surface area contributed by atoms with E-state index in [0.29, 0.717) is 0 Å². The molecular weight excluding hydrogens is 418 g/mol. The standard InChI is InChI=1S/C31H29NO2/c1-29(2)33-27-28(34-29)31(25-19-11-5-12-20-25,26-21-13-6-14-22-26)32-30(27,23-15-7-3-8-16-23)24-17-9-4-10-18-24/h3-22,27-28,32H,1-2H3/t27-,28-/m1/s1. The van der Waals surface area contributed by atoms with Gasteiger partial charge < -0.3 is 9.47 Å². The summed E-state index contributed by atoms with van der Waals surface area (Å²) < 4.78 is 13.6. The summed E-state index contributed by atoms with van der Waals surface area (Å²) in [5, 5.41) is 4.17. The van der Waals surface area contributed by atoms with Crippen molar-refractivity contribution in [3.05, 3.63) is 144 Å². The molecule has 0 aliphatic carbocycles. The molecule has 170 valence electrons. The quantitative estimate of drug-likeness (QED) is 0.416. The van der Waals surface area contributed by atoms with Gasteiger partial charge in [-0.2, -0.15) is 0 Å². The van der Waals surface area contributed by atoms with E-state index in [1.54, 1.807) is 0 Å². The van der Waals surface area contributed by atoms with Crippen LogP contribution in [0.25, 0.3) is 0 Å². The summed E-state index contributed by atoms with van der Waals surface area (Å²) in [6.45, 7) is 4.04. The maximum Gasteiger partial charge on any atom is 0.164 e. The second-order valence-corrected chi connectivity index (χ2v) is 9.68. The highest BCUT2D eigenvalue weighted by Gasteiger charge is 2.69. The molecule has 0 aromatic heterocycles. The summed E-state index contributed by atoms with van der Waals surface area (Å²) in [6, 6.07) is 42.6. The minimum Gasteiger partial charge on any atom is -0.342 e. The minimum atomic E-state index is -0.721. The fraction of sp³-hybridized carbons (Fsp3) is 0.226. The summed E-state index contributed by atoms with van der Waals surface area (Å²) in [5.74, 6) is -0.721. The average Bonchev–Trinajstić information content (AvgIpc) is 3.36. The molecule has 6 rings (SSSR count). The third kappa shape index (κ3) is 3.08. The molecule has 2 heterocycles. The first-order valence-corrected chi connectivity index (χ1v) is 11.9. The fourth-order valence-electron chi connectivity index (χ4n) is 5.93. The lowest BCUT2D eigenvalue weighted by atomic mass is 9.77. The van der Waals surface area contributed by atoms with Crippen molar-refractivity contribution in [3.63, 3.8) is 0 Å². The van der Waals surface area contributed by atoms with Crippen molar-refractivity contribution in [3.8, 4) is 0 Å². The third-order valence-corrected chi connectivity index (χ3v) is 7.26. The van der Waals surface area contributed by atoms with Gasteiger partial charge in [0.25, 0.3) is 0 Å². The summed E-state index contributed by atoms with van der Waals surface area (Å²) in [4.78, 5) is 0. The van der Waals surface area contributed by atoms with Gasteiger partial charge in [0, 0.05) is 0 Å². The van der Waals surface area contributed by atoms with Crippen molar-refractivity contribution in [1.29, 1.82) is 0 Å². The fourth-order valence-corrected chi connectivity index (χ4v) is 5.93. The Morgan fingerprint density at radius 3 is 1.00 bits per heavy atom. The monoisotopic (exact) mass is 447 g/mol. The zero-order chi connectivity index (χ0) is 23.2.